The van der Waals surface area contributed by atoms with Gasteiger partial charge in [0.25, 0.3) is 0 Å². The van der Waals surface area contributed by atoms with E-state index in [-0.39, 0.29) is 0 Å². The van der Waals surface area contributed by atoms with Gasteiger partial charge in [-0.05, 0) is 19.4 Å². The van der Waals surface area contributed by atoms with Gasteiger partial charge in [-0.3, -0.25) is 0 Å². The quantitative estimate of drug-likeness (QED) is 0.737. The maximum absolute atomic E-state index is 11.9. The molecule has 20 heavy (non-hydrogen) atoms. The van der Waals surface area contributed by atoms with Crippen LogP contribution in [0.1, 0.15) is 25.5 Å². The second-order valence-corrected chi connectivity index (χ2v) is 5.10. The SMILES string of the molecule is COCC(C)(C)NC(=O)NC(C(=O)O)c1ccccc1. The number of benzene rings is 1. The number of rotatable bonds is 6. The molecule has 1 rings (SSSR count). The Labute approximate surface area is 118 Å². The minimum atomic E-state index is -1.11. The summed E-state index contributed by atoms with van der Waals surface area (Å²) in [6, 6.07) is 6.89. The van der Waals surface area contributed by atoms with Crippen molar-refractivity contribution in [2.45, 2.75) is 25.4 Å². The van der Waals surface area contributed by atoms with E-state index in [0.29, 0.717) is 12.2 Å². The van der Waals surface area contributed by atoms with Gasteiger partial charge in [0.1, 0.15) is 0 Å². The Hall–Kier alpha value is -2.08. The molecule has 0 fully saturated rings. The van der Waals surface area contributed by atoms with Crippen LogP contribution in [0.2, 0.25) is 0 Å². The van der Waals surface area contributed by atoms with Crippen LogP contribution in [0.5, 0.6) is 0 Å². The lowest BCUT2D eigenvalue weighted by Crippen LogP contribution is -2.52. The van der Waals surface area contributed by atoms with Crippen molar-refractivity contribution in [2.75, 3.05) is 13.7 Å². The van der Waals surface area contributed by atoms with E-state index in [1.165, 1.54) is 7.11 Å². The monoisotopic (exact) mass is 280 g/mol. The minimum Gasteiger partial charge on any atom is -0.479 e. The standard InChI is InChI=1S/C14H20N2O4/c1-14(2,9-20-3)16-13(19)15-11(12(17)18)10-7-5-4-6-8-10/h4-8,11H,9H2,1-3H3,(H,17,18)(H2,15,16,19). The van der Waals surface area contributed by atoms with Crippen molar-refractivity contribution in [1.29, 1.82) is 0 Å². The molecule has 0 heterocycles. The number of carboxylic acids is 1. The fraction of sp³-hybridized carbons (Fsp3) is 0.429. The van der Waals surface area contributed by atoms with E-state index < -0.39 is 23.6 Å². The molecule has 0 saturated carbocycles. The van der Waals surface area contributed by atoms with E-state index >= 15 is 0 Å². The number of carboxylic acid groups (broad SMARTS) is 1. The van der Waals surface area contributed by atoms with Crippen molar-refractivity contribution in [1.82, 2.24) is 10.6 Å². The molecule has 0 aliphatic carbocycles. The summed E-state index contributed by atoms with van der Waals surface area (Å²) in [7, 11) is 1.53. The number of aliphatic carboxylic acids is 1. The summed E-state index contributed by atoms with van der Waals surface area (Å²) in [5.41, 5.74) is -0.0711. The number of methoxy groups -OCH3 is 1. The molecular weight excluding hydrogens is 260 g/mol. The average Bonchev–Trinajstić information content (AvgIpc) is 2.36. The summed E-state index contributed by atoms with van der Waals surface area (Å²) in [5, 5.41) is 14.3. The van der Waals surface area contributed by atoms with Crippen molar-refractivity contribution >= 4 is 12.0 Å². The fourth-order valence-electron chi connectivity index (χ4n) is 1.80. The molecule has 1 aromatic rings. The third kappa shape index (κ3) is 4.89. The van der Waals surface area contributed by atoms with Crippen molar-refractivity contribution in [3.8, 4) is 0 Å². The Kier molecular flexibility index (Phi) is 5.52. The highest BCUT2D eigenvalue weighted by Gasteiger charge is 2.25. The van der Waals surface area contributed by atoms with Crippen LogP contribution in [-0.2, 0) is 9.53 Å². The number of amides is 2. The minimum absolute atomic E-state index is 0.323. The molecule has 110 valence electrons. The van der Waals surface area contributed by atoms with Gasteiger partial charge in [-0.25, -0.2) is 9.59 Å². The Bertz CT molecular complexity index is 460. The van der Waals surface area contributed by atoms with Crippen LogP contribution in [0.15, 0.2) is 30.3 Å². The van der Waals surface area contributed by atoms with Gasteiger partial charge in [-0.1, -0.05) is 30.3 Å². The van der Waals surface area contributed by atoms with Crippen LogP contribution in [0.4, 0.5) is 4.79 Å². The lowest BCUT2D eigenvalue weighted by Gasteiger charge is -2.26. The van der Waals surface area contributed by atoms with Crippen LogP contribution in [0, 0.1) is 0 Å². The number of ether oxygens (including phenoxy) is 1. The van der Waals surface area contributed by atoms with Gasteiger partial charge in [-0.15, -0.1) is 0 Å². The lowest BCUT2D eigenvalue weighted by molar-refractivity contribution is -0.139. The highest BCUT2D eigenvalue weighted by molar-refractivity contribution is 5.83. The number of hydrogen-bond acceptors (Lipinski definition) is 3. The first-order valence-electron chi connectivity index (χ1n) is 6.21. The van der Waals surface area contributed by atoms with Gasteiger partial charge >= 0.3 is 12.0 Å². The topological polar surface area (TPSA) is 87.7 Å². The fourth-order valence-corrected chi connectivity index (χ4v) is 1.80. The molecule has 1 unspecified atom stereocenters. The van der Waals surface area contributed by atoms with Gasteiger partial charge in [0.05, 0.1) is 12.1 Å². The zero-order valence-corrected chi connectivity index (χ0v) is 11.8. The summed E-state index contributed by atoms with van der Waals surface area (Å²) in [5.74, 6) is -1.11. The molecule has 0 bridgehead atoms. The molecule has 0 aliphatic rings. The predicted molar refractivity (Wildman–Crippen MR) is 74.4 cm³/mol. The third-order valence-corrected chi connectivity index (χ3v) is 2.61. The van der Waals surface area contributed by atoms with E-state index in [0.717, 1.165) is 0 Å². The molecule has 1 aromatic carbocycles. The van der Waals surface area contributed by atoms with Crippen molar-refractivity contribution in [2.24, 2.45) is 0 Å². The van der Waals surface area contributed by atoms with E-state index in [2.05, 4.69) is 10.6 Å². The number of nitrogens with one attached hydrogen (secondary N) is 2. The van der Waals surface area contributed by atoms with E-state index in [1.54, 1.807) is 44.2 Å². The van der Waals surface area contributed by atoms with Crippen LogP contribution >= 0.6 is 0 Å². The molecule has 1 atom stereocenters. The molecule has 0 spiro atoms. The smallest absolute Gasteiger partial charge is 0.330 e. The number of urea groups is 1. The first kappa shape index (κ1) is 16.0. The van der Waals surface area contributed by atoms with Crippen LogP contribution in [0.3, 0.4) is 0 Å². The van der Waals surface area contributed by atoms with Gasteiger partial charge in [0, 0.05) is 7.11 Å². The zero-order valence-electron chi connectivity index (χ0n) is 11.8. The predicted octanol–water partition coefficient (Wildman–Crippen LogP) is 1.54. The Morgan fingerprint density at radius 3 is 2.40 bits per heavy atom. The Balaban J connectivity index is 2.73. The maximum atomic E-state index is 11.9. The van der Waals surface area contributed by atoms with Crippen LogP contribution < -0.4 is 10.6 Å². The highest BCUT2D eigenvalue weighted by Crippen LogP contribution is 2.13. The summed E-state index contributed by atoms with van der Waals surface area (Å²) in [6.45, 7) is 3.90. The molecule has 0 aromatic heterocycles. The molecule has 6 nitrogen and oxygen atoms in total. The Morgan fingerprint density at radius 2 is 1.90 bits per heavy atom. The Morgan fingerprint density at radius 1 is 1.30 bits per heavy atom. The van der Waals surface area contributed by atoms with Crippen molar-refractivity contribution in [3.63, 3.8) is 0 Å². The second-order valence-electron chi connectivity index (χ2n) is 5.10. The molecule has 3 N–H and O–H groups in total. The van der Waals surface area contributed by atoms with E-state index in [4.69, 9.17) is 4.74 Å². The van der Waals surface area contributed by atoms with Crippen molar-refractivity contribution < 1.29 is 19.4 Å². The largest absolute Gasteiger partial charge is 0.479 e. The third-order valence-electron chi connectivity index (χ3n) is 2.61. The van der Waals surface area contributed by atoms with Crippen LogP contribution in [-0.4, -0.2) is 36.4 Å². The summed E-state index contributed by atoms with van der Waals surface area (Å²) < 4.78 is 4.99. The average molecular weight is 280 g/mol. The van der Waals surface area contributed by atoms with Crippen LogP contribution in [0.25, 0.3) is 0 Å². The molecule has 0 aliphatic heterocycles. The summed E-state index contributed by atoms with van der Waals surface area (Å²) >= 11 is 0. The van der Waals surface area contributed by atoms with Crippen molar-refractivity contribution in [3.05, 3.63) is 35.9 Å². The molecule has 2 amide bonds. The van der Waals surface area contributed by atoms with E-state index in [9.17, 15) is 14.7 Å². The van der Waals surface area contributed by atoms with E-state index in [1.807, 2.05) is 0 Å². The summed E-state index contributed by atoms with van der Waals surface area (Å²) in [6.07, 6.45) is 0. The van der Waals surface area contributed by atoms with Gasteiger partial charge in [-0.2, -0.15) is 0 Å². The van der Waals surface area contributed by atoms with Gasteiger partial charge < -0.3 is 20.5 Å². The number of carbonyl (C=O) groups is 2. The molecule has 0 radical (unpaired) electrons. The molecular formula is C14H20N2O4. The first-order valence-corrected chi connectivity index (χ1v) is 6.21. The summed E-state index contributed by atoms with van der Waals surface area (Å²) in [4.78, 5) is 23.1. The zero-order chi connectivity index (χ0) is 15.2. The van der Waals surface area contributed by atoms with Gasteiger partial charge in [0.15, 0.2) is 6.04 Å². The second kappa shape index (κ2) is 6.91. The molecule has 0 saturated heterocycles. The lowest BCUT2D eigenvalue weighted by atomic mass is 10.1. The number of carbonyl (C=O) groups excluding carboxylic acids is 1. The highest BCUT2D eigenvalue weighted by atomic mass is 16.5. The normalized spacial score (nSPS) is 12.6. The maximum Gasteiger partial charge on any atom is 0.330 e. The molecule has 6 heteroatoms. The first-order chi connectivity index (χ1) is 9.35. The number of hydrogen-bond donors (Lipinski definition) is 3. The van der Waals surface area contributed by atoms with Gasteiger partial charge in [0.2, 0.25) is 0 Å².